The molecule has 3 rings (SSSR count). The zero-order chi connectivity index (χ0) is 16.6. The number of hydrogen-bond acceptors (Lipinski definition) is 3. The quantitative estimate of drug-likeness (QED) is 0.549. The number of carbonyl (C=O) groups excluding carboxylic acids is 1. The molecule has 0 bridgehead atoms. The first kappa shape index (κ1) is 15.1. The van der Waals surface area contributed by atoms with Gasteiger partial charge in [0, 0.05) is 6.20 Å². The SMILES string of the molecule is Cc1nc2ccccn2c1COC(=O)c1ccc(F)c(F)c1F. The minimum absolute atomic E-state index is 0.172. The van der Waals surface area contributed by atoms with Crippen molar-refractivity contribution < 1.29 is 22.7 Å². The second-order valence-corrected chi connectivity index (χ2v) is 4.87. The van der Waals surface area contributed by atoms with Crippen LogP contribution in [-0.4, -0.2) is 15.4 Å². The molecule has 0 fully saturated rings. The number of hydrogen-bond donors (Lipinski definition) is 0. The maximum atomic E-state index is 13.6. The number of benzene rings is 1. The first-order valence-electron chi connectivity index (χ1n) is 6.72. The molecule has 0 N–H and O–H groups in total. The summed E-state index contributed by atoms with van der Waals surface area (Å²) in [4.78, 5) is 16.2. The van der Waals surface area contributed by atoms with Crippen LogP contribution < -0.4 is 0 Å². The molecule has 0 saturated carbocycles. The van der Waals surface area contributed by atoms with E-state index in [4.69, 9.17) is 4.74 Å². The van der Waals surface area contributed by atoms with Gasteiger partial charge in [0.15, 0.2) is 17.5 Å². The van der Waals surface area contributed by atoms with Gasteiger partial charge in [-0.05, 0) is 31.2 Å². The van der Waals surface area contributed by atoms with Gasteiger partial charge in [0.2, 0.25) is 0 Å². The number of halogens is 3. The molecule has 0 amide bonds. The standard InChI is InChI=1S/C16H11F3N2O2/c1-9-12(21-7-3-2-4-13(21)20-9)8-23-16(22)10-5-6-11(17)15(19)14(10)18/h2-7H,8H2,1H3. The fourth-order valence-electron chi connectivity index (χ4n) is 2.23. The van der Waals surface area contributed by atoms with Crippen LogP contribution in [0.3, 0.4) is 0 Å². The van der Waals surface area contributed by atoms with Crippen molar-refractivity contribution in [2.75, 3.05) is 0 Å². The van der Waals surface area contributed by atoms with E-state index in [1.54, 1.807) is 29.7 Å². The first-order valence-corrected chi connectivity index (χ1v) is 6.72. The zero-order valence-corrected chi connectivity index (χ0v) is 12.0. The maximum absolute atomic E-state index is 13.6. The monoisotopic (exact) mass is 320 g/mol. The van der Waals surface area contributed by atoms with Gasteiger partial charge in [0.1, 0.15) is 12.3 Å². The molecule has 0 aliphatic carbocycles. The highest BCUT2D eigenvalue weighted by Gasteiger charge is 2.20. The molecular weight excluding hydrogens is 309 g/mol. The van der Waals surface area contributed by atoms with Crippen LogP contribution in [0.1, 0.15) is 21.7 Å². The second-order valence-electron chi connectivity index (χ2n) is 4.87. The number of nitrogens with zero attached hydrogens (tertiary/aromatic N) is 2. The Kier molecular flexibility index (Phi) is 3.77. The molecule has 0 saturated heterocycles. The largest absolute Gasteiger partial charge is 0.455 e. The van der Waals surface area contributed by atoms with Gasteiger partial charge >= 0.3 is 5.97 Å². The molecule has 0 aliphatic heterocycles. The van der Waals surface area contributed by atoms with Gasteiger partial charge in [-0.15, -0.1) is 0 Å². The van der Waals surface area contributed by atoms with Crippen LogP contribution in [0.2, 0.25) is 0 Å². The lowest BCUT2D eigenvalue weighted by Crippen LogP contribution is -2.11. The molecular formula is C16H11F3N2O2. The lowest BCUT2D eigenvalue weighted by atomic mass is 10.2. The van der Waals surface area contributed by atoms with Crippen molar-refractivity contribution in [2.24, 2.45) is 0 Å². The van der Waals surface area contributed by atoms with Crippen molar-refractivity contribution in [3.63, 3.8) is 0 Å². The summed E-state index contributed by atoms with van der Waals surface area (Å²) in [6, 6.07) is 6.90. The molecule has 7 heteroatoms. The van der Waals surface area contributed by atoms with Crippen molar-refractivity contribution in [2.45, 2.75) is 13.5 Å². The van der Waals surface area contributed by atoms with Crippen molar-refractivity contribution in [1.29, 1.82) is 0 Å². The summed E-state index contributed by atoms with van der Waals surface area (Å²) >= 11 is 0. The number of aromatic nitrogens is 2. The van der Waals surface area contributed by atoms with Gasteiger partial charge in [-0.2, -0.15) is 0 Å². The molecule has 118 valence electrons. The topological polar surface area (TPSA) is 43.6 Å². The van der Waals surface area contributed by atoms with E-state index in [2.05, 4.69) is 4.98 Å². The smallest absolute Gasteiger partial charge is 0.341 e. The highest BCUT2D eigenvalue weighted by atomic mass is 19.2. The number of carbonyl (C=O) groups is 1. The van der Waals surface area contributed by atoms with Crippen LogP contribution in [-0.2, 0) is 11.3 Å². The molecule has 2 heterocycles. The van der Waals surface area contributed by atoms with Crippen LogP contribution in [0.5, 0.6) is 0 Å². The van der Waals surface area contributed by atoms with Crippen LogP contribution >= 0.6 is 0 Å². The average molecular weight is 320 g/mol. The Balaban J connectivity index is 1.84. The van der Waals surface area contributed by atoms with Crippen molar-refractivity contribution in [1.82, 2.24) is 9.38 Å². The molecule has 2 aromatic heterocycles. The van der Waals surface area contributed by atoms with E-state index in [0.717, 1.165) is 6.07 Å². The van der Waals surface area contributed by atoms with Crippen LogP contribution in [0.4, 0.5) is 13.2 Å². The number of fused-ring (bicyclic) bond motifs is 1. The molecule has 0 spiro atoms. The molecule has 23 heavy (non-hydrogen) atoms. The van der Waals surface area contributed by atoms with Crippen LogP contribution in [0.25, 0.3) is 5.65 Å². The minimum Gasteiger partial charge on any atom is -0.455 e. The first-order chi connectivity index (χ1) is 11.0. The van der Waals surface area contributed by atoms with E-state index in [-0.39, 0.29) is 6.61 Å². The Morgan fingerprint density at radius 2 is 1.96 bits per heavy atom. The number of ether oxygens (including phenoxy) is 1. The van der Waals surface area contributed by atoms with Crippen LogP contribution in [0, 0.1) is 24.4 Å². The van der Waals surface area contributed by atoms with Gasteiger partial charge in [-0.3, -0.25) is 0 Å². The lowest BCUT2D eigenvalue weighted by Gasteiger charge is -2.07. The fraction of sp³-hybridized carbons (Fsp3) is 0.125. The van der Waals surface area contributed by atoms with Crippen molar-refractivity contribution in [3.05, 3.63) is 70.9 Å². The Bertz CT molecular complexity index is 906. The molecule has 3 aromatic rings. The summed E-state index contributed by atoms with van der Waals surface area (Å²) < 4.78 is 46.4. The Morgan fingerprint density at radius 3 is 2.74 bits per heavy atom. The van der Waals surface area contributed by atoms with Gasteiger partial charge < -0.3 is 9.14 Å². The van der Waals surface area contributed by atoms with E-state index in [1.807, 2.05) is 6.07 Å². The van der Waals surface area contributed by atoms with Crippen LogP contribution in [0.15, 0.2) is 36.5 Å². The van der Waals surface area contributed by atoms with Crippen molar-refractivity contribution in [3.8, 4) is 0 Å². The molecule has 0 radical (unpaired) electrons. The minimum atomic E-state index is -1.70. The zero-order valence-electron chi connectivity index (χ0n) is 12.0. The molecule has 0 aliphatic rings. The number of imidazole rings is 1. The molecule has 1 aromatic carbocycles. The Hall–Kier alpha value is -2.83. The number of pyridine rings is 1. The summed E-state index contributed by atoms with van der Waals surface area (Å²) in [5.74, 6) is -5.71. The highest BCUT2D eigenvalue weighted by Crippen LogP contribution is 2.18. The van der Waals surface area contributed by atoms with E-state index in [0.29, 0.717) is 23.1 Å². The van der Waals surface area contributed by atoms with Gasteiger partial charge in [-0.25, -0.2) is 22.9 Å². The third kappa shape index (κ3) is 2.65. The van der Waals surface area contributed by atoms with E-state index in [1.165, 1.54) is 0 Å². The Labute approximate surface area is 129 Å². The number of aryl methyl sites for hydroxylation is 1. The molecule has 0 atom stereocenters. The predicted molar refractivity (Wildman–Crippen MR) is 75.4 cm³/mol. The lowest BCUT2D eigenvalue weighted by molar-refractivity contribution is 0.0459. The number of esters is 1. The third-order valence-corrected chi connectivity index (χ3v) is 3.42. The summed E-state index contributed by atoms with van der Waals surface area (Å²) in [5, 5.41) is 0. The second kappa shape index (κ2) is 5.75. The summed E-state index contributed by atoms with van der Waals surface area (Å²) in [6.07, 6.45) is 1.75. The summed E-state index contributed by atoms with van der Waals surface area (Å²) in [7, 11) is 0. The van der Waals surface area contributed by atoms with E-state index in [9.17, 15) is 18.0 Å². The van der Waals surface area contributed by atoms with E-state index >= 15 is 0 Å². The normalized spacial score (nSPS) is 11.0. The predicted octanol–water partition coefficient (Wildman–Crippen LogP) is 3.42. The number of rotatable bonds is 3. The van der Waals surface area contributed by atoms with E-state index < -0.39 is 29.0 Å². The summed E-state index contributed by atoms with van der Waals surface area (Å²) in [6.45, 7) is 1.57. The molecule has 0 unspecified atom stereocenters. The fourth-order valence-corrected chi connectivity index (χ4v) is 2.23. The van der Waals surface area contributed by atoms with Gasteiger partial charge in [-0.1, -0.05) is 6.07 Å². The average Bonchev–Trinajstić information content (AvgIpc) is 2.86. The molecule has 4 nitrogen and oxygen atoms in total. The maximum Gasteiger partial charge on any atom is 0.341 e. The van der Waals surface area contributed by atoms with Gasteiger partial charge in [0.25, 0.3) is 0 Å². The highest BCUT2D eigenvalue weighted by molar-refractivity contribution is 5.89. The Morgan fingerprint density at radius 1 is 1.17 bits per heavy atom. The third-order valence-electron chi connectivity index (χ3n) is 3.42. The van der Waals surface area contributed by atoms with Crippen molar-refractivity contribution >= 4 is 11.6 Å². The van der Waals surface area contributed by atoms with Gasteiger partial charge in [0.05, 0.1) is 17.0 Å². The summed E-state index contributed by atoms with van der Waals surface area (Å²) in [5.41, 5.74) is 1.28.